The molecule has 0 aliphatic heterocycles. The molecule has 0 aliphatic rings. The molecule has 18 heavy (non-hydrogen) atoms. The van der Waals surface area contributed by atoms with Gasteiger partial charge in [0.15, 0.2) is 5.88 Å². The molecule has 6 heteroatoms. The number of aryl methyl sites for hydroxylation is 2. The maximum Gasteiger partial charge on any atom is 0.371 e. The first-order valence-corrected chi connectivity index (χ1v) is 5.55. The lowest BCUT2D eigenvalue weighted by Gasteiger charge is -2.03. The molecule has 2 heterocycles. The Balaban J connectivity index is 2.09. The summed E-state index contributed by atoms with van der Waals surface area (Å²) in [6.07, 6.45) is 0. The van der Waals surface area contributed by atoms with Crippen LogP contribution in [0.2, 0.25) is 0 Å². The molecule has 2 N–H and O–H groups in total. The average Bonchev–Trinajstić information content (AvgIpc) is 2.85. The lowest BCUT2D eigenvalue weighted by molar-refractivity contribution is 0.0663. The number of carboxylic acid groups (broad SMARTS) is 1. The monoisotopic (exact) mass is 249 g/mol. The number of aromatic nitrogens is 2. The number of hydrogen-bond donors (Lipinski definition) is 2. The number of carbonyl (C=O) groups is 1. The zero-order valence-electron chi connectivity index (χ0n) is 10.5. The maximum atomic E-state index is 10.7. The van der Waals surface area contributed by atoms with Gasteiger partial charge >= 0.3 is 5.97 Å². The molecule has 0 saturated heterocycles. The van der Waals surface area contributed by atoms with Gasteiger partial charge in [-0.15, -0.1) is 0 Å². The van der Waals surface area contributed by atoms with Gasteiger partial charge in [0.2, 0.25) is 5.76 Å². The van der Waals surface area contributed by atoms with Crippen LogP contribution in [0.1, 0.15) is 27.5 Å². The van der Waals surface area contributed by atoms with E-state index in [-0.39, 0.29) is 5.76 Å². The summed E-state index contributed by atoms with van der Waals surface area (Å²) in [6, 6.07) is 3.03. The van der Waals surface area contributed by atoms with E-state index in [0.717, 1.165) is 17.0 Å². The number of rotatable bonds is 4. The van der Waals surface area contributed by atoms with Gasteiger partial charge in [0.25, 0.3) is 0 Å². The van der Waals surface area contributed by atoms with Crippen molar-refractivity contribution in [2.24, 2.45) is 7.05 Å². The molecule has 2 aromatic rings. The van der Waals surface area contributed by atoms with Crippen molar-refractivity contribution in [1.82, 2.24) is 9.78 Å². The lowest BCUT2D eigenvalue weighted by atomic mass is 10.2. The first kappa shape index (κ1) is 12.2. The van der Waals surface area contributed by atoms with Gasteiger partial charge in [0, 0.05) is 30.9 Å². The average molecular weight is 249 g/mol. The zero-order valence-corrected chi connectivity index (χ0v) is 10.5. The smallest absolute Gasteiger partial charge is 0.371 e. The third-order valence-corrected chi connectivity index (χ3v) is 2.92. The highest BCUT2D eigenvalue weighted by molar-refractivity contribution is 5.84. The van der Waals surface area contributed by atoms with Crippen LogP contribution in [-0.2, 0) is 13.6 Å². The Morgan fingerprint density at radius 2 is 2.22 bits per heavy atom. The summed E-state index contributed by atoms with van der Waals surface area (Å²) in [6.45, 7) is 4.48. The number of carboxylic acids is 1. The van der Waals surface area contributed by atoms with Crippen molar-refractivity contribution >= 4 is 11.9 Å². The largest absolute Gasteiger partial charge is 0.475 e. The highest BCUT2D eigenvalue weighted by Crippen LogP contribution is 2.17. The topological polar surface area (TPSA) is 80.3 Å². The molecule has 0 atom stereocenters. The minimum atomic E-state index is -1.07. The molecule has 0 fully saturated rings. The van der Waals surface area contributed by atoms with Crippen LogP contribution in [0.5, 0.6) is 0 Å². The van der Waals surface area contributed by atoms with E-state index in [2.05, 4.69) is 10.4 Å². The molecule has 96 valence electrons. The van der Waals surface area contributed by atoms with Crippen molar-refractivity contribution in [3.05, 3.63) is 34.8 Å². The summed E-state index contributed by atoms with van der Waals surface area (Å²) in [5.41, 5.74) is 3.11. The quantitative estimate of drug-likeness (QED) is 0.865. The number of nitrogens with one attached hydrogen (secondary N) is 1. The Bertz CT molecular complexity index is 583. The van der Waals surface area contributed by atoms with Crippen LogP contribution in [0.25, 0.3) is 0 Å². The van der Waals surface area contributed by atoms with Gasteiger partial charge in [-0.05, 0) is 19.9 Å². The van der Waals surface area contributed by atoms with Crippen LogP contribution in [-0.4, -0.2) is 20.9 Å². The highest BCUT2D eigenvalue weighted by atomic mass is 16.4. The van der Waals surface area contributed by atoms with E-state index in [0.29, 0.717) is 12.4 Å². The molecule has 0 amide bonds. The van der Waals surface area contributed by atoms with Crippen LogP contribution in [0.3, 0.4) is 0 Å². The van der Waals surface area contributed by atoms with Gasteiger partial charge in [-0.1, -0.05) is 0 Å². The molecule has 0 aromatic carbocycles. The molecule has 0 saturated carbocycles. The molecular weight excluding hydrogens is 234 g/mol. The van der Waals surface area contributed by atoms with Crippen LogP contribution in [0, 0.1) is 13.8 Å². The van der Waals surface area contributed by atoms with Crippen LogP contribution in [0.4, 0.5) is 5.88 Å². The Kier molecular flexibility index (Phi) is 3.10. The predicted molar refractivity (Wildman–Crippen MR) is 65.7 cm³/mol. The van der Waals surface area contributed by atoms with Crippen molar-refractivity contribution in [3.8, 4) is 0 Å². The molecule has 0 bridgehead atoms. The van der Waals surface area contributed by atoms with Gasteiger partial charge in [-0.3, -0.25) is 4.68 Å². The van der Waals surface area contributed by atoms with E-state index >= 15 is 0 Å². The second-order valence-corrected chi connectivity index (χ2v) is 4.10. The van der Waals surface area contributed by atoms with Crippen molar-refractivity contribution in [1.29, 1.82) is 0 Å². The Hall–Kier alpha value is -2.24. The Labute approximate surface area is 104 Å². The number of nitrogens with zero attached hydrogens (tertiary/aromatic N) is 2. The number of aromatic carboxylic acids is 1. The normalized spacial score (nSPS) is 10.6. The Morgan fingerprint density at radius 3 is 2.72 bits per heavy atom. The molecule has 0 unspecified atom stereocenters. The molecular formula is C12H15N3O3. The van der Waals surface area contributed by atoms with Crippen molar-refractivity contribution < 1.29 is 14.3 Å². The first-order valence-electron chi connectivity index (χ1n) is 5.55. The summed E-state index contributed by atoms with van der Waals surface area (Å²) in [4.78, 5) is 10.7. The van der Waals surface area contributed by atoms with Crippen LogP contribution in [0.15, 0.2) is 16.5 Å². The minimum absolute atomic E-state index is 0.0721. The minimum Gasteiger partial charge on any atom is -0.475 e. The molecule has 0 radical (unpaired) electrons. The van der Waals surface area contributed by atoms with Gasteiger partial charge in [-0.25, -0.2) is 4.79 Å². The summed E-state index contributed by atoms with van der Waals surface area (Å²) < 4.78 is 6.93. The van der Waals surface area contributed by atoms with E-state index in [4.69, 9.17) is 9.52 Å². The Morgan fingerprint density at radius 1 is 1.50 bits per heavy atom. The predicted octanol–water partition coefficient (Wildman–Crippen LogP) is 1.94. The fraction of sp³-hybridized carbons (Fsp3) is 0.333. The molecule has 0 aliphatic carbocycles. The fourth-order valence-electron chi connectivity index (χ4n) is 1.80. The van der Waals surface area contributed by atoms with Crippen LogP contribution >= 0.6 is 0 Å². The van der Waals surface area contributed by atoms with Crippen LogP contribution < -0.4 is 5.32 Å². The summed E-state index contributed by atoms with van der Waals surface area (Å²) >= 11 is 0. The number of furan rings is 1. The second kappa shape index (κ2) is 4.56. The first-order chi connectivity index (χ1) is 8.49. The van der Waals surface area contributed by atoms with Gasteiger partial charge < -0.3 is 14.8 Å². The van der Waals surface area contributed by atoms with E-state index in [1.54, 1.807) is 6.07 Å². The molecule has 6 nitrogen and oxygen atoms in total. The molecule has 2 aromatic heterocycles. The molecule has 0 spiro atoms. The highest BCUT2D eigenvalue weighted by Gasteiger charge is 2.11. The van der Waals surface area contributed by atoms with Crippen molar-refractivity contribution in [3.63, 3.8) is 0 Å². The van der Waals surface area contributed by atoms with E-state index in [1.165, 1.54) is 6.07 Å². The zero-order chi connectivity index (χ0) is 13.3. The SMILES string of the molecule is Cc1nn(C)c(C)c1CNc1ccc(C(=O)O)o1. The van der Waals surface area contributed by atoms with Crippen molar-refractivity contribution in [2.75, 3.05) is 5.32 Å². The summed E-state index contributed by atoms with van der Waals surface area (Å²) in [5, 5.41) is 16.1. The fourth-order valence-corrected chi connectivity index (χ4v) is 1.80. The van der Waals surface area contributed by atoms with Gasteiger partial charge in [0.1, 0.15) is 0 Å². The van der Waals surface area contributed by atoms with E-state index < -0.39 is 5.97 Å². The van der Waals surface area contributed by atoms with E-state index in [1.807, 2.05) is 25.6 Å². The third kappa shape index (κ3) is 2.22. The van der Waals surface area contributed by atoms with Crippen molar-refractivity contribution in [2.45, 2.75) is 20.4 Å². The molecule has 2 rings (SSSR count). The van der Waals surface area contributed by atoms with Gasteiger partial charge in [-0.2, -0.15) is 5.10 Å². The summed E-state index contributed by atoms with van der Waals surface area (Å²) in [7, 11) is 1.89. The summed E-state index contributed by atoms with van der Waals surface area (Å²) in [5.74, 6) is -0.705. The van der Waals surface area contributed by atoms with E-state index in [9.17, 15) is 4.79 Å². The lowest BCUT2D eigenvalue weighted by Crippen LogP contribution is -2.01. The number of hydrogen-bond acceptors (Lipinski definition) is 4. The third-order valence-electron chi connectivity index (χ3n) is 2.92. The standard InChI is InChI=1S/C12H15N3O3/c1-7-9(8(2)15(3)14-7)6-13-11-5-4-10(18-11)12(16)17/h4-5,13H,6H2,1-3H3,(H,16,17). The maximum absolute atomic E-state index is 10.7. The second-order valence-electron chi connectivity index (χ2n) is 4.10. The van der Waals surface area contributed by atoms with Gasteiger partial charge in [0.05, 0.1) is 5.69 Å². The number of anilines is 1.